The molecule has 0 spiro atoms. The maximum absolute atomic E-state index is 15.1. The number of carbonyl (C=O) groups is 1. The van der Waals surface area contributed by atoms with Crippen LogP contribution in [0.2, 0.25) is 0 Å². The highest BCUT2D eigenvalue weighted by Gasteiger charge is 2.21. The number of hydrogen-bond donors (Lipinski definition) is 3. The van der Waals surface area contributed by atoms with E-state index in [1.165, 1.54) is 12.5 Å². The summed E-state index contributed by atoms with van der Waals surface area (Å²) in [5.74, 6) is 1.22. The first-order valence-electron chi connectivity index (χ1n) is 15.0. The highest BCUT2D eigenvalue weighted by molar-refractivity contribution is 6.04. The van der Waals surface area contributed by atoms with Crippen molar-refractivity contribution in [2.45, 2.75) is 64.3 Å². The van der Waals surface area contributed by atoms with E-state index >= 15 is 4.39 Å². The van der Waals surface area contributed by atoms with Gasteiger partial charge in [0.05, 0.1) is 16.9 Å². The zero-order valence-corrected chi connectivity index (χ0v) is 24.0. The molecule has 1 saturated carbocycles. The van der Waals surface area contributed by atoms with Gasteiger partial charge in [0.1, 0.15) is 11.6 Å². The number of piperidine rings is 1. The molecule has 1 atom stereocenters. The first-order chi connectivity index (χ1) is 20.5. The van der Waals surface area contributed by atoms with Crippen LogP contribution in [-0.4, -0.2) is 40.0 Å². The summed E-state index contributed by atoms with van der Waals surface area (Å²) in [5.41, 5.74) is 2.44. The zero-order chi connectivity index (χ0) is 28.9. The van der Waals surface area contributed by atoms with Crippen molar-refractivity contribution in [2.24, 2.45) is 5.92 Å². The van der Waals surface area contributed by atoms with Crippen LogP contribution in [0, 0.1) is 18.7 Å². The second-order valence-electron chi connectivity index (χ2n) is 11.4. The minimum atomic E-state index is -0.470. The largest absolute Gasteiger partial charge is 0.437 e. The van der Waals surface area contributed by atoms with Crippen LogP contribution in [-0.2, 0) is 4.79 Å². The fourth-order valence-corrected chi connectivity index (χ4v) is 6.07. The Labute approximate surface area is 245 Å². The molecular weight excluding hydrogens is 531 g/mol. The van der Waals surface area contributed by atoms with Gasteiger partial charge in [0.2, 0.25) is 17.7 Å². The van der Waals surface area contributed by atoms with E-state index in [1.54, 1.807) is 18.5 Å². The van der Waals surface area contributed by atoms with Gasteiger partial charge in [-0.15, -0.1) is 0 Å². The van der Waals surface area contributed by atoms with Crippen molar-refractivity contribution in [2.75, 3.05) is 23.7 Å². The predicted molar refractivity (Wildman–Crippen MR) is 163 cm³/mol. The summed E-state index contributed by atoms with van der Waals surface area (Å²) >= 11 is 0. The monoisotopic (exact) mass is 568 g/mol. The van der Waals surface area contributed by atoms with Gasteiger partial charge >= 0.3 is 0 Å². The number of rotatable bonds is 8. The number of anilines is 2. The lowest BCUT2D eigenvalue weighted by molar-refractivity contribution is -0.117. The molecule has 4 aromatic rings. The van der Waals surface area contributed by atoms with Crippen LogP contribution >= 0.6 is 0 Å². The standard InChI is InChI=1S/C33H37FN6O2/c1-21-11-12-24-25(13-14-27(34)30(24)40-29(41)19-22-7-3-2-4-8-22)31(21)42-32-26(10-6-17-36-32)28-15-18-37-33(39-28)38-23-9-5-16-35-20-23/h6,10-15,17-18,22-23,35H,2-5,7-9,16,19-20H2,1H3,(H,40,41)(H,37,38,39)/t23-/m0/s1. The molecule has 3 N–H and O–H groups in total. The Balaban J connectivity index is 1.28. The van der Waals surface area contributed by atoms with Crippen LogP contribution in [0.3, 0.4) is 0 Å². The van der Waals surface area contributed by atoms with Crippen molar-refractivity contribution >= 4 is 28.3 Å². The second kappa shape index (κ2) is 12.8. The molecule has 218 valence electrons. The number of ether oxygens (including phenoxy) is 1. The Morgan fingerprint density at radius 3 is 2.69 bits per heavy atom. The molecule has 6 rings (SSSR count). The minimum absolute atomic E-state index is 0.152. The van der Waals surface area contributed by atoms with E-state index in [9.17, 15) is 4.79 Å². The number of aromatic nitrogens is 3. The molecule has 2 aromatic heterocycles. The van der Waals surface area contributed by atoms with Gasteiger partial charge < -0.3 is 20.7 Å². The van der Waals surface area contributed by atoms with Crippen molar-refractivity contribution in [3.05, 3.63) is 66.2 Å². The Bertz CT molecular complexity index is 1570. The first kappa shape index (κ1) is 28.0. The zero-order valence-electron chi connectivity index (χ0n) is 24.0. The number of nitrogens with one attached hydrogen (secondary N) is 3. The van der Waals surface area contributed by atoms with Crippen molar-refractivity contribution in [3.63, 3.8) is 0 Å². The van der Waals surface area contributed by atoms with Crippen molar-refractivity contribution in [1.29, 1.82) is 0 Å². The molecule has 0 bridgehead atoms. The average Bonchev–Trinajstić information content (AvgIpc) is 3.01. The molecule has 2 fully saturated rings. The summed E-state index contributed by atoms with van der Waals surface area (Å²) in [6.07, 6.45) is 11.6. The number of pyridine rings is 1. The molecule has 1 saturated heterocycles. The average molecular weight is 569 g/mol. The molecule has 42 heavy (non-hydrogen) atoms. The molecule has 1 amide bonds. The van der Waals surface area contributed by atoms with Gasteiger partial charge in [-0.2, -0.15) is 0 Å². The Morgan fingerprint density at radius 1 is 1.00 bits per heavy atom. The molecule has 0 unspecified atom stereocenters. The predicted octanol–water partition coefficient (Wildman–Crippen LogP) is 7.00. The van der Waals surface area contributed by atoms with Crippen LogP contribution in [0.1, 0.15) is 56.9 Å². The normalized spacial score (nSPS) is 17.6. The van der Waals surface area contributed by atoms with E-state index in [0.29, 0.717) is 51.9 Å². The van der Waals surface area contributed by atoms with Crippen LogP contribution in [0.4, 0.5) is 16.0 Å². The third-order valence-electron chi connectivity index (χ3n) is 8.29. The third kappa shape index (κ3) is 6.36. The molecule has 8 nitrogen and oxygen atoms in total. The number of amides is 1. The molecule has 2 aliphatic rings. The van der Waals surface area contributed by atoms with Gasteiger partial charge in [0.15, 0.2) is 0 Å². The number of aryl methyl sites for hydroxylation is 1. The van der Waals surface area contributed by atoms with Gasteiger partial charge in [-0.3, -0.25) is 4.79 Å². The lowest BCUT2D eigenvalue weighted by atomic mass is 9.87. The van der Waals surface area contributed by atoms with Gasteiger partial charge in [-0.1, -0.05) is 31.4 Å². The van der Waals surface area contributed by atoms with Crippen LogP contribution in [0.15, 0.2) is 54.9 Å². The first-order valence-corrected chi connectivity index (χ1v) is 15.0. The quantitative estimate of drug-likeness (QED) is 0.210. The number of hydrogen-bond acceptors (Lipinski definition) is 7. The number of halogens is 1. The van der Waals surface area contributed by atoms with Crippen molar-refractivity contribution < 1.29 is 13.9 Å². The van der Waals surface area contributed by atoms with Crippen molar-refractivity contribution in [1.82, 2.24) is 20.3 Å². The maximum atomic E-state index is 15.1. The Kier molecular flexibility index (Phi) is 8.55. The molecule has 1 aliphatic carbocycles. The summed E-state index contributed by atoms with van der Waals surface area (Å²) in [6.45, 7) is 3.84. The summed E-state index contributed by atoms with van der Waals surface area (Å²) in [5, 5.41) is 11.0. The van der Waals surface area contributed by atoms with Crippen LogP contribution < -0.4 is 20.7 Å². The highest BCUT2D eigenvalue weighted by Crippen LogP contribution is 2.39. The van der Waals surface area contributed by atoms with Gasteiger partial charge in [0, 0.05) is 42.2 Å². The highest BCUT2D eigenvalue weighted by atomic mass is 19.1. The van der Waals surface area contributed by atoms with E-state index in [4.69, 9.17) is 9.72 Å². The lowest BCUT2D eigenvalue weighted by Gasteiger charge is -2.23. The number of benzene rings is 2. The SMILES string of the molecule is Cc1ccc2c(NC(=O)CC3CCCCC3)c(F)ccc2c1Oc1ncccc1-c1ccnc(N[C@H]2CCCNC2)n1. The van der Waals surface area contributed by atoms with Gasteiger partial charge in [-0.05, 0) is 81.0 Å². The maximum Gasteiger partial charge on any atom is 0.228 e. The molecular formula is C33H37FN6O2. The smallest absolute Gasteiger partial charge is 0.228 e. The Hall–Kier alpha value is -4.11. The second-order valence-corrected chi connectivity index (χ2v) is 11.4. The van der Waals surface area contributed by atoms with E-state index in [1.807, 2.05) is 37.3 Å². The molecule has 1 aliphatic heterocycles. The molecule has 2 aromatic carbocycles. The van der Waals surface area contributed by atoms with E-state index in [0.717, 1.165) is 57.2 Å². The molecule has 3 heterocycles. The number of nitrogens with zero attached hydrogens (tertiary/aromatic N) is 3. The summed E-state index contributed by atoms with van der Waals surface area (Å²) in [6, 6.07) is 12.6. The number of fused-ring (bicyclic) bond motifs is 1. The number of carbonyl (C=O) groups excluding carboxylic acids is 1. The summed E-state index contributed by atoms with van der Waals surface area (Å²) in [7, 11) is 0. The third-order valence-corrected chi connectivity index (χ3v) is 8.29. The van der Waals surface area contributed by atoms with Crippen molar-refractivity contribution in [3.8, 4) is 22.9 Å². The topological polar surface area (TPSA) is 101 Å². The van der Waals surface area contributed by atoms with E-state index in [-0.39, 0.29) is 17.6 Å². The van der Waals surface area contributed by atoms with Gasteiger partial charge in [-0.25, -0.2) is 19.3 Å². The lowest BCUT2D eigenvalue weighted by Crippen LogP contribution is -2.38. The summed E-state index contributed by atoms with van der Waals surface area (Å²) < 4.78 is 21.6. The van der Waals surface area contributed by atoms with Gasteiger partial charge in [0.25, 0.3) is 0 Å². The van der Waals surface area contributed by atoms with Crippen LogP contribution in [0.5, 0.6) is 11.6 Å². The minimum Gasteiger partial charge on any atom is -0.437 e. The van der Waals surface area contributed by atoms with E-state index in [2.05, 4.69) is 25.9 Å². The fraction of sp³-hybridized carbons (Fsp3) is 0.394. The Morgan fingerprint density at radius 2 is 1.86 bits per heavy atom. The molecule has 9 heteroatoms. The fourth-order valence-electron chi connectivity index (χ4n) is 6.07. The summed E-state index contributed by atoms with van der Waals surface area (Å²) in [4.78, 5) is 26.7. The van der Waals surface area contributed by atoms with Crippen LogP contribution in [0.25, 0.3) is 22.0 Å². The van der Waals surface area contributed by atoms with E-state index < -0.39 is 5.82 Å². The molecule has 0 radical (unpaired) electrons.